The standard InChI is InChI=1S/C25H26O2/c1-20(18-27-19-22-8-4-2-5-9-22)16-25(26)17-21-12-14-24(15-13-21)23-10-6-3-7-11-23/h2-15,20H,16-19H2,1H3/t20-/m1/s1. The van der Waals surface area contributed by atoms with Crippen molar-refractivity contribution in [2.45, 2.75) is 26.4 Å². The lowest BCUT2D eigenvalue weighted by atomic mass is 9.98. The summed E-state index contributed by atoms with van der Waals surface area (Å²) in [6.07, 6.45) is 1.04. The molecule has 0 N–H and O–H groups in total. The fourth-order valence-electron chi connectivity index (χ4n) is 3.15. The summed E-state index contributed by atoms with van der Waals surface area (Å²) in [5, 5.41) is 0. The van der Waals surface area contributed by atoms with Gasteiger partial charge >= 0.3 is 0 Å². The molecule has 0 unspecified atom stereocenters. The van der Waals surface area contributed by atoms with Gasteiger partial charge in [0, 0.05) is 19.4 Å². The lowest BCUT2D eigenvalue weighted by Gasteiger charge is -2.12. The largest absolute Gasteiger partial charge is 0.376 e. The molecule has 0 aliphatic heterocycles. The van der Waals surface area contributed by atoms with Crippen molar-refractivity contribution in [1.82, 2.24) is 0 Å². The molecule has 3 aromatic rings. The summed E-state index contributed by atoms with van der Waals surface area (Å²) in [5.74, 6) is 0.489. The Morgan fingerprint density at radius 2 is 1.37 bits per heavy atom. The topological polar surface area (TPSA) is 26.3 Å². The second-order valence-electron chi connectivity index (χ2n) is 7.09. The third-order valence-corrected chi connectivity index (χ3v) is 4.55. The lowest BCUT2D eigenvalue weighted by Crippen LogP contribution is -2.13. The zero-order chi connectivity index (χ0) is 18.9. The minimum Gasteiger partial charge on any atom is -0.376 e. The SMILES string of the molecule is C[C@@H](COCc1ccccc1)CC(=O)Cc1ccc(-c2ccccc2)cc1. The summed E-state index contributed by atoms with van der Waals surface area (Å²) in [4.78, 5) is 12.4. The second kappa shape index (κ2) is 9.84. The van der Waals surface area contributed by atoms with E-state index in [4.69, 9.17) is 4.74 Å². The summed E-state index contributed by atoms with van der Waals surface area (Å²) < 4.78 is 5.75. The van der Waals surface area contributed by atoms with E-state index in [0.717, 1.165) is 11.1 Å². The highest BCUT2D eigenvalue weighted by Crippen LogP contribution is 2.20. The van der Waals surface area contributed by atoms with E-state index in [0.29, 0.717) is 26.1 Å². The van der Waals surface area contributed by atoms with Crippen molar-refractivity contribution in [3.8, 4) is 11.1 Å². The van der Waals surface area contributed by atoms with Crippen LogP contribution in [0.15, 0.2) is 84.9 Å². The maximum Gasteiger partial charge on any atom is 0.137 e. The number of hydrogen-bond donors (Lipinski definition) is 0. The molecular weight excluding hydrogens is 332 g/mol. The predicted molar refractivity (Wildman–Crippen MR) is 110 cm³/mol. The van der Waals surface area contributed by atoms with Gasteiger partial charge in [-0.3, -0.25) is 4.79 Å². The Morgan fingerprint density at radius 1 is 0.778 bits per heavy atom. The number of ketones is 1. The number of rotatable bonds is 9. The molecule has 0 spiro atoms. The van der Waals surface area contributed by atoms with E-state index in [2.05, 4.69) is 55.5 Å². The molecule has 0 saturated heterocycles. The molecule has 0 aliphatic carbocycles. The molecule has 27 heavy (non-hydrogen) atoms. The lowest BCUT2D eigenvalue weighted by molar-refractivity contribution is -0.119. The summed E-state index contributed by atoms with van der Waals surface area (Å²) in [6.45, 7) is 3.27. The Hall–Kier alpha value is -2.71. The van der Waals surface area contributed by atoms with E-state index < -0.39 is 0 Å². The van der Waals surface area contributed by atoms with Gasteiger partial charge in [0.25, 0.3) is 0 Å². The summed E-state index contributed by atoms with van der Waals surface area (Å²) in [6, 6.07) is 28.7. The highest BCUT2D eigenvalue weighted by atomic mass is 16.5. The van der Waals surface area contributed by atoms with Crippen LogP contribution in [0.5, 0.6) is 0 Å². The van der Waals surface area contributed by atoms with Crippen molar-refractivity contribution in [3.63, 3.8) is 0 Å². The molecule has 2 nitrogen and oxygen atoms in total. The van der Waals surface area contributed by atoms with Gasteiger partial charge in [-0.15, -0.1) is 0 Å². The number of hydrogen-bond acceptors (Lipinski definition) is 2. The molecule has 0 amide bonds. The van der Waals surface area contributed by atoms with Crippen LogP contribution in [0.1, 0.15) is 24.5 Å². The maximum atomic E-state index is 12.4. The van der Waals surface area contributed by atoms with Gasteiger partial charge in [0.05, 0.1) is 6.61 Å². The van der Waals surface area contributed by atoms with E-state index in [1.165, 1.54) is 11.1 Å². The van der Waals surface area contributed by atoms with Gasteiger partial charge in [0.15, 0.2) is 0 Å². The van der Waals surface area contributed by atoms with E-state index in [9.17, 15) is 4.79 Å². The third kappa shape index (κ3) is 6.19. The van der Waals surface area contributed by atoms with Crippen LogP contribution < -0.4 is 0 Å². The van der Waals surface area contributed by atoms with Crippen molar-refractivity contribution in [2.24, 2.45) is 5.92 Å². The van der Waals surface area contributed by atoms with Crippen molar-refractivity contribution in [3.05, 3.63) is 96.1 Å². The Balaban J connectivity index is 1.43. The fraction of sp³-hybridized carbons (Fsp3) is 0.240. The van der Waals surface area contributed by atoms with E-state index in [1.807, 2.05) is 36.4 Å². The zero-order valence-electron chi connectivity index (χ0n) is 15.8. The molecule has 0 radical (unpaired) electrons. The minimum atomic E-state index is 0.227. The van der Waals surface area contributed by atoms with Crippen LogP contribution in [-0.2, 0) is 22.6 Å². The first kappa shape index (κ1) is 19.1. The van der Waals surface area contributed by atoms with E-state index in [-0.39, 0.29) is 11.7 Å². The van der Waals surface area contributed by atoms with Crippen LogP contribution in [0, 0.1) is 5.92 Å². The molecule has 2 heteroatoms. The Kier molecular flexibility index (Phi) is 6.95. The number of carbonyl (C=O) groups excluding carboxylic acids is 1. The average molecular weight is 358 g/mol. The predicted octanol–water partition coefficient (Wildman–Crippen LogP) is 5.71. The molecule has 1 atom stereocenters. The van der Waals surface area contributed by atoms with Crippen LogP contribution in [0.25, 0.3) is 11.1 Å². The first-order valence-electron chi connectivity index (χ1n) is 9.48. The van der Waals surface area contributed by atoms with Gasteiger partial charge in [0.2, 0.25) is 0 Å². The van der Waals surface area contributed by atoms with Crippen LogP contribution in [0.3, 0.4) is 0 Å². The average Bonchev–Trinajstić information content (AvgIpc) is 2.70. The maximum absolute atomic E-state index is 12.4. The summed E-state index contributed by atoms with van der Waals surface area (Å²) in [7, 11) is 0. The minimum absolute atomic E-state index is 0.227. The molecule has 0 aliphatic rings. The number of Topliss-reactive ketones (excluding diaryl/α,β-unsaturated/α-hetero) is 1. The van der Waals surface area contributed by atoms with Crippen LogP contribution >= 0.6 is 0 Å². The Morgan fingerprint density at radius 3 is 2.04 bits per heavy atom. The first-order chi connectivity index (χ1) is 13.2. The van der Waals surface area contributed by atoms with Gasteiger partial charge in [-0.05, 0) is 28.2 Å². The van der Waals surface area contributed by atoms with Crippen LogP contribution in [0.4, 0.5) is 0 Å². The Bertz CT molecular complexity index is 823. The smallest absolute Gasteiger partial charge is 0.137 e. The first-order valence-corrected chi connectivity index (χ1v) is 9.48. The highest BCUT2D eigenvalue weighted by Gasteiger charge is 2.11. The third-order valence-electron chi connectivity index (χ3n) is 4.55. The van der Waals surface area contributed by atoms with E-state index >= 15 is 0 Å². The fourth-order valence-corrected chi connectivity index (χ4v) is 3.15. The van der Waals surface area contributed by atoms with Gasteiger partial charge in [0.1, 0.15) is 5.78 Å². The van der Waals surface area contributed by atoms with Gasteiger partial charge in [-0.25, -0.2) is 0 Å². The zero-order valence-corrected chi connectivity index (χ0v) is 15.8. The van der Waals surface area contributed by atoms with Gasteiger partial charge in [-0.1, -0.05) is 91.9 Å². The van der Waals surface area contributed by atoms with E-state index in [1.54, 1.807) is 0 Å². The molecule has 138 valence electrons. The number of ether oxygens (including phenoxy) is 1. The molecule has 0 aromatic heterocycles. The molecule has 3 aromatic carbocycles. The molecule has 3 rings (SSSR count). The molecule has 0 bridgehead atoms. The second-order valence-corrected chi connectivity index (χ2v) is 7.09. The monoisotopic (exact) mass is 358 g/mol. The van der Waals surface area contributed by atoms with Crippen LogP contribution in [-0.4, -0.2) is 12.4 Å². The van der Waals surface area contributed by atoms with Gasteiger partial charge < -0.3 is 4.74 Å². The quantitative estimate of drug-likeness (QED) is 0.490. The van der Waals surface area contributed by atoms with Crippen molar-refractivity contribution in [1.29, 1.82) is 0 Å². The summed E-state index contributed by atoms with van der Waals surface area (Å²) in [5.41, 5.74) is 4.60. The number of benzene rings is 3. The van der Waals surface area contributed by atoms with Gasteiger partial charge in [-0.2, -0.15) is 0 Å². The molecule has 0 heterocycles. The Labute approximate surface area is 161 Å². The molecule has 0 fully saturated rings. The van der Waals surface area contributed by atoms with Crippen molar-refractivity contribution < 1.29 is 9.53 Å². The molecular formula is C25H26O2. The molecule has 0 saturated carbocycles. The number of carbonyl (C=O) groups is 1. The normalized spacial score (nSPS) is 11.9. The van der Waals surface area contributed by atoms with Crippen LogP contribution in [0.2, 0.25) is 0 Å². The van der Waals surface area contributed by atoms with Crippen molar-refractivity contribution >= 4 is 5.78 Å². The van der Waals surface area contributed by atoms with Crippen molar-refractivity contribution in [2.75, 3.05) is 6.61 Å². The highest BCUT2D eigenvalue weighted by molar-refractivity contribution is 5.81. The summed E-state index contributed by atoms with van der Waals surface area (Å²) >= 11 is 0.